The highest BCUT2D eigenvalue weighted by atomic mass is 35.5. The molecule has 0 aromatic carbocycles. The minimum atomic E-state index is -0.561. The van der Waals surface area contributed by atoms with Gasteiger partial charge in [-0.05, 0) is 32.9 Å². The van der Waals surface area contributed by atoms with Crippen molar-refractivity contribution in [3.8, 4) is 0 Å². The lowest BCUT2D eigenvalue weighted by Gasteiger charge is -2.19. The Morgan fingerprint density at radius 3 is 2.38 bits per heavy atom. The van der Waals surface area contributed by atoms with Crippen LogP contribution in [0.5, 0.6) is 0 Å². The second-order valence-electron chi connectivity index (χ2n) is 5.18. The van der Waals surface area contributed by atoms with Gasteiger partial charge in [0.05, 0.1) is 0 Å². The molecule has 6 nitrogen and oxygen atoms in total. The summed E-state index contributed by atoms with van der Waals surface area (Å²) in [6, 6.07) is 2.84. The zero-order valence-electron chi connectivity index (χ0n) is 12.0. The molecule has 0 spiro atoms. The van der Waals surface area contributed by atoms with Gasteiger partial charge in [-0.1, -0.05) is 23.2 Å². The molecule has 1 aromatic rings. The van der Waals surface area contributed by atoms with Crippen molar-refractivity contribution in [2.75, 3.05) is 13.1 Å². The predicted octanol–water partition coefficient (Wildman–Crippen LogP) is 2.64. The van der Waals surface area contributed by atoms with Crippen molar-refractivity contribution in [3.05, 3.63) is 28.0 Å². The Morgan fingerprint density at radius 1 is 1.19 bits per heavy atom. The van der Waals surface area contributed by atoms with Crippen LogP contribution in [0.1, 0.15) is 31.3 Å². The number of pyridine rings is 1. The summed E-state index contributed by atoms with van der Waals surface area (Å²) in [5, 5.41) is 5.57. The summed E-state index contributed by atoms with van der Waals surface area (Å²) in [5.74, 6) is -0.426. The van der Waals surface area contributed by atoms with Crippen molar-refractivity contribution in [2.24, 2.45) is 0 Å². The number of carbonyl (C=O) groups excluding carboxylic acids is 2. The molecule has 1 aromatic heterocycles. The smallest absolute Gasteiger partial charge is 0.407 e. The van der Waals surface area contributed by atoms with E-state index in [1.807, 2.05) is 0 Å². The van der Waals surface area contributed by atoms with Crippen molar-refractivity contribution >= 4 is 35.2 Å². The minimum Gasteiger partial charge on any atom is -0.444 e. The summed E-state index contributed by atoms with van der Waals surface area (Å²) in [6.45, 7) is 5.76. The summed E-state index contributed by atoms with van der Waals surface area (Å²) in [5.41, 5.74) is -0.445. The molecule has 0 saturated carbocycles. The Hall–Kier alpha value is -1.53. The van der Waals surface area contributed by atoms with E-state index in [1.54, 1.807) is 20.8 Å². The third kappa shape index (κ3) is 7.15. The Kier molecular flexibility index (Phi) is 6.23. The monoisotopic (exact) mass is 333 g/mol. The number of hydrogen-bond donors (Lipinski definition) is 2. The van der Waals surface area contributed by atoms with E-state index in [2.05, 4.69) is 15.6 Å². The van der Waals surface area contributed by atoms with Gasteiger partial charge < -0.3 is 15.4 Å². The zero-order valence-corrected chi connectivity index (χ0v) is 13.5. The highest BCUT2D eigenvalue weighted by Gasteiger charge is 2.15. The van der Waals surface area contributed by atoms with Gasteiger partial charge in [-0.15, -0.1) is 0 Å². The largest absolute Gasteiger partial charge is 0.444 e. The molecule has 0 aliphatic rings. The summed E-state index contributed by atoms with van der Waals surface area (Å²) < 4.78 is 5.05. The number of alkyl carbamates (subject to hydrolysis) is 1. The van der Waals surface area contributed by atoms with E-state index in [4.69, 9.17) is 27.9 Å². The Morgan fingerprint density at radius 2 is 1.81 bits per heavy atom. The average molecular weight is 334 g/mol. The number of carbonyl (C=O) groups is 2. The van der Waals surface area contributed by atoms with Gasteiger partial charge in [0.2, 0.25) is 0 Å². The van der Waals surface area contributed by atoms with Crippen molar-refractivity contribution in [1.29, 1.82) is 0 Å². The number of nitrogens with one attached hydrogen (secondary N) is 2. The lowest BCUT2D eigenvalue weighted by atomic mass is 10.2. The first-order valence-electron chi connectivity index (χ1n) is 6.25. The third-order valence-corrected chi connectivity index (χ3v) is 2.48. The molecule has 0 aliphatic carbocycles. The van der Waals surface area contributed by atoms with Gasteiger partial charge in [-0.25, -0.2) is 9.78 Å². The lowest BCUT2D eigenvalue weighted by Crippen LogP contribution is -2.38. The quantitative estimate of drug-likeness (QED) is 0.655. The van der Waals surface area contributed by atoms with Crippen LogP contribution in [0.25, 0.3) is 0 Å². The Balaban J connectivity index is 2.36. The maximum atomic E-state index is 11.8. The summed E-state index contributed by atoms with van der Waals surface area (Å²) >= 11 is 11.5. The van der Waals surface area contributed by atoms with Gasteiger partial charge in [-0.3, -0.25) is 4.79 Å². The molecule has 0 fully saturated rings. The number of amides is 2. The molecule has 0 aliphatic heterocycles. The van der Waals surface area contributed by atoms with E-state index in [-0.39, 0.29) is 23.9 Å². The number of rotatable bonds is 4. The molecule has 0 unspecified atom stereocenters. The molecule has 0 bridgehead atoms. The standard InChI is InChI=1S/C13H17Cl2N3O3/c1-13(2,3)21-12(20)17-5-4-16-11(19)9-6-8(14)7-10(15)18-9/h6-7H,4-5H2,1-3H3,(H,16,19)(H,17,20). The molecule has 2 amide bonds. The first kappa shape index (κ1) is 17.5. The molecular weight excluding hydrogens is 317 g/mol. The number of hydrogen-bond acceptors (Lipinski definition) is 4. The second kappa shape index (κ2) is 7.47. The van der Waals surface area contributed by atoms with Crippen molar-refractivity contribution in [3.63, 3.8) is 0 Å². The van der Waals surface area contributed by atoms with Crippen LogP contribution in [-0.2, 0) is 4.74 Å². The highest BCUT2D eigenvalue weighted by molar-refractivity contribution is 6.34. The average Bonchev–Trinajstić information content (AvgIpc) is 2.31. The first-order valence-corrected chi connectivity index (χ1v) is 7.01. The normalized spacial score (nSPS) is 10.9. The van der Waals surface area contributed by atoms with Gasteiger partial charge in [-0.2, -0.15) is 0 Å². The Bertz CT molecular complexity index is 510. The van der Waals surface area contributed by atoms with Gasteiger partial charge in [0.1, 0.15) is 16.4 Å². The van der Waals surface area contributed by atoms with E-state index in [0.717, 1.165) is 0 Å². The van der Waals surface area contributed by atoms with Gasteiger partial charge in [0.25, 0.3) is 5.91 Å². The molecule has 21 heavy (non-hydrogen) atoms. The molecule has 116 valence electrons. The van der Waals surface area contributed by atoms with E-state index >= 15 is 0 Å². The molecule has 1 heterocycles. The molecule has 1 rings (SSSR count). The molecule has 0 atom stereocenters. The molecule has 8 heteroatoms. The SMILES string of the molecule is CC(C)(C)OC(=O)NCCNC(=O)c1cc(Cl)cc(Cl)n1. The highest BCUT2D eigenvalue weighted by Crippen LogP contribution is 2.15. The molecule has 0 radical (unpaired) electrons. The van der Waals surface area contributed by atoms with Crippen LogP contribution in [0.4, 0.5) is 4.79 Å². The van der Waals surface area contributed by atoms with Crippen LogP contribution in [0.15, 0.2) is 12.1 Å². The summed E-state index contributed by atoms with van der Waals surface area (Å²) in [6.07, 6.45) is -0.541. The minimum absolute atomic E-state index is 0.116. The van der Waals surface area contributed by atoms with Crippen LogP contribution in [-0.4, -0.2) is 35.7 Å². The fourth-order valence-electron chi connectivity index (χ4n) is 1.33. The third-order valence-electron chi connectivity index (χ3n) is 2.07. The van der Waals surface area contributed by atoms with Crippen molar-refractivity contribution < 1.29 is 14.3 Å². The van der Waals surface area contributed by atoms with Gasteiger partial charge in [0.15, 0.2) is 0 Å². The first-order chi connectivity index (χ1) is 9.67. The summed E-state index contributed by atoms with van der Waals surface area (Å²) in [4.78, 5) is 27.0. The fourth-order valence-corrected chi connectivity index (χ4v) is 1.80. The maximum Gasteiger partial charge on any atom is 0.407 e. The van der Waals surface area contributed by atoms with Crippen LogP contribution >= 0.6 is 23.2 Å². The van der Waals surface area contributed by atoms with E-state index in [9.17, 15) is 9.59 Å². The number of aromatic nitrogens is 1. The van der Waals surface area contributed by atoms with Crippen LogP contribution in [0.2, 0.25) is 10.2 Å². The second-order valence-corrected chi connectivity index (χ2v) is 6.00. The van der Waals surface area contributed by atoms with E-state index in [0.29, 0.717) is 5.02 Å². The number of halogens is 2. The molecular formula is C13H17Cl2N3O3. The topological polar surface area (TPSA) is 80.3 Å². The zero-order chi connectivity index (χ0) is 16.0. The van der Waals surface area contributed by atoms with Crippen LogP contribution in [0.3, 0.4) is 0 Å². The number of ether oxygens (including phenoxy) is 1. The van der Waals surface area contributed by atoms with Crippen LogP contribution < -0.4 is 10.6 Å². The van der Waals surface area contributed by atoms with E-state index in [1.165, 1.54) is 12.1 Å². The Labute approximate surface area is 133 Å². The van der Waals surface area contributed by atoms with Gasteiger partial charge in [0, 0.05) is 18.1 Å². The summed E-state index contributed by atoms with van der Waals surface area (Å²) in [7, 11) is 0. The van der Waals surface area contributed by atoms with Crippen molar-refractivity contribution in [2.45, 2.75) is 26.4 Å². The van der Waals surface area contributed by atoms with E-state index < -0.39 is 17.6 Å². The molecule has 2 N–H and O–H groups in total. The van der Waals surface area contributed by atoms with Crippen molar-refractivity contribution in [1.82, 2.24) is 15.6 Å². The lowest BCUT2D eigenvalue weighted by molar-refractivity contribution is 0.0526. The maximum absolute atomic E-state index is 11.8. The van der Waals surface area contributed by atoms with Crippen LogP contribution in [0, 0.1) is 0 Å². The van der Waals surface area contributed by atoms with Gasteiger partial charge >= 0.3 is 6.09 Å². The molecule has 0 saturated heterocycles. The predicted molar refractivity (Wildman–Crippen MR) is 80.8 cm³/mol. The number of nitrogens with zero attached hydrogens (tertiary/aromatic N) is 1. The fraction of sp³-hybridized carbons (Fsp3) is 0.462.